The van der Waals surface area contributed by atoms with Gasteiger partial charge in [0.2, 0.25) is 21.1 Å². The number of H-pyrrole nitrogens is 1. The fourth-order valence-electron chi connectivity index (χ4n) is 3.97. The van der Waals surface area contributed by atoms with Crippen LogP contribution < -0.4 is 10.1 Å². The Kier molecular flexibility index (Phi) is 8.89. The van der Waals surface area contributed by atoms with Crippen LogP contribution in [0.25, 0.3) is 11.4 Å². The minimum Gasteiger partial charge on any atom is -0.492 e. The number of amides is 1. The van der Waals surface area contributed by atoms with Crippen molar-refractivity contribution in [3.63, 3.8) is 0 Å². The molecule has 192 valence electrons. The highest BCUT2D eigenvalue weighted by Crippen LogP contribution is 2.32. The van der Waals surface area contributed by atoms with Crippen molar-refractivity contribution in [3.05, 3.63) is 53.6 Å². The van der Waals surface area contributed by atoms with Gasteiger partial charge in [0.15, 0.2) is 5.82 Å². The zero-order valence-electron chi connectivity index (χ0n) is 19.8. The number of sulfonamides is 1. The van der Waals surface area contributed by atoms with Crippen molar-refractivity contribution in [2.75, 3.05) is 32.0 Å². The molecule has 2 N–H and O–H groups in total. The summed E-state index contributed by atoms with van der Waals surface area (Å²) in [6.45, 7) is 2.99. The van der Waals surface area contributed by atoms with Gasteiger partial charge >= 0.3 is 0 Å². The average Bonchev–Trinajstić information content (AvgIpc) is 3.37. The maximum Gasteiger partial charge on any atom is 0.246 e. The SMILES string of the molecule is CCOc1ccc(Cl)cc1S(=O)(=O)N1CCC[C@H](C(=O)NCCSc2n[nH]c(-c3ccccc3)n2)C1. The zero-order chi connectivity index (χ0) is 25.5. The van der Waals surface area contributed by atoms with Crippen molar-refractivity contribution in [1.82, 2.24) is 24.8 Å². The minimum absolute atomic E-state index is 0.0238. The van der Waals surface area contributed by atoms with Crippen molar-refractivity contribution < 1.29 is 17.9 Å². The molecule has 1 atom stereocenters. The molecule has 4 rings (SSSR count). The highest BCUT2D eigenvalue weighted by molar-refractivity contribution is 7.99. The summed E-state index contributed by atoms with van der Waals surface area (Å²) in [7, 11) is -3.87. The van der Waals surface area contributed by atoms with Gasteiger partial charge in [-0.15, -0.1) is 5.10 Å². The fourth-order valence-corrected chi connectivity index (χ4v) is 6.54. The van der Waals surface area contributed by atoms with Gasteiger partial charge in [0.1, 0.15) is 10.6 Å². The molecule has 12 heteroatoms. The summed E-state index contributed by atoms with van der Waals surface area (Å²) in [6.07, 6.45) is 1.22. The lowest BCUT2D eigenvalue weighted by Crippen LogP contribution is -2.45. The average molecular weight is 550 g/mol. The van der Waals surface area contributed by atoms with Crippen LogP contribution in [0.5, 0.6) is 5.75 Å². The molecular weight excluding hydrogens is 522 g/mol. The largest absolute Gasteiger partial charge is 0.492 e. The number of nitrogens with zero attached hydrogens (tertiary/aromatic N) is 3. The number of carbonyl (C=O) groups excluding carboxylic acids is 1. The van der Waals surface area contributed by atoms with E-state index in [2.05, 4.69) is 20.5 Å². The van der Waals surface area contributed by atoms with Crippen LogP contribution in [0.4, 0.5) is 0 Å². The van der Waals surface area contributed by atoms with E-state index < -0.39 is 15.9 Å². The van der Waals surface area contributed by atoms with Crippen molar-refractivity contribution in [1.29, 1.82) is 0 Å². The van der Waals surface area contributed by atoms with Gasteiger partial charge in [0.25, 0.3) is 0 Å². The molecule has 0 aliphatic carbocycles. The molecular formula is C24H28ClN5O4S2. The molecule has 0 saturated carbocycles. The lowest BCUT2D eigenvalue weighted by molar-refractivity contribution is -0.125. The third kappa shape index (κ3) is 6.39. The number of carbonyl (C=O) groups is 1. The Hall–Kier alpha value is -2.60. The molecule has 1 saturated heterocycles. The summed E-state index contributed by atoms with van der Waals surface area (Å²) in [6, 6.07) is 14.3. The van der Waals surface area contributed by atoms with Gasteiger partial charge in [-0.05, 0) is 38.0 Å². The van der Waals surface area contributed by atoms with Crippen molar-refractivity contribution >= 4 is 39.3 Å². The Morgan fingerprint density at radius 2 is 2.08 bits per heavy atom. The molecule has 2 aromatic carbocycles. The number of piperidine rings is 1. The van der Waals surface area contributed by atoms with Crippen LogP contribution in [0.1, 0.15) is 19.8 Å². The van der Waals surface area contributed by atoms with Crippen LogP contribution in [-0.4, -0.2) is 65.8 Å². The molecule has 0 radical (unpaired) electrons. The van der Waals surface area contributed by atoms with Crippen LogP contribution in [0.15, 0.2) is 58.6 Å². The van der Waals surface area contributed by atoms with Gasteiger partial charge in [0, 0.05) is 36.0 Å². The molecule has 9 nitrogen and oxygen atoms in total. The molecule has 36 heavy (non-hydrogen) atoms. The highest BCUT2D eigenvalue weighted by Gasteiger charge is 2.35. The van der Waals surface area contributed by atoms with Crippen molar-refractivity contribution in [2.45, 2.75) is 29.8 Å². The third-order valence-corrected chi connectivity index (χ3v) is 8.69. The number of halogens is 1. The Labute approximate surface area is 220 Å². The Bertz CT molecular complexity index is 1290. The topological polar surface area (TPSA) is 117 Å². The van der Waals surface area contributed by atoms with Crippen LogP contribution >= 0.6 is 23.4 Å². The van der Waals surface area contributed by atoms with Crippen molar-refractivity contribution in [2.24, 2.45) is 5.92 Å². The number of aromatic amines is 1. The monoisotopic (exact) mass is 549 g/mol. The number of thioether (sulfide) groups is 1. The van der Waals surface area contributed by atoms with Gasteiger partial charge in [0.05, 0.1) is 12.5 Å². The summed E-state index contributed by atoms with van der Waals surface area (Å²) in [5.74, 6) is 0.950. The Morgan fingerprint density at radius 1 is 1.28 bits per heavy atom. The first kappa shape index (κ1) is 26.5. The maximum atomic E-state index is 13.4. The van der Waals surface area contributed by atoms with E-state index in [9.17, 15) is 13.2 Å². The summed E-state index contributed by atoms with van der Waals surface area (Å²) in [5, 5.41) is 11.0. The van der Waals surface area contributed by atoms with Crippen LogP contribution in [0, 0.1) is 5.92 Å². The first-order valence-corrected chi connectivity index (χ1v) is 14.5. The number of hydrogen-bond donors (Lipinski definition) is 2. The number of benzene rings is 2. The highest BCUT2D eigenvalue weighted by atomic mass is 35.5. The summed E-state index contributed by atoms with van der Waals surface area (Å²) in [4.78, 5) is 17.3. The maximum absolute atomic E-state index is 13.4. The quantitative estimate of drug-likeness (QED) is 0.291. The molecule has 0 spiro atoms. The van der Waals surface area contributed by atoms with E-state index in [0.29, 0.717) is 54.3 Å². The lowest BCUT2D eigenvalue weighted by Gasteiger charge is -2.31. The third-order valence-electron chi connectivity index (χ3n) is 5.72. The number of rotatable bonds is 10. The normalized spacial score (nSPS) is 16.6. The lowest BCUT2D eigenvalue weighted by atomic mass is 9.99. The predicted molar refractivity (Wildman–Crippen MR) is 140 cm³/mol. The number of aromatic nitrogens is 3. The fraction of sp³-hybridized carbons (Fsp3) is 0.375. The first-order valence-electron chi connectivity index (χ1n) is 11.7. The van der Waals surface area contributed by atoms with E-state index in [1.54, 1.807) is 19.1 Å². The summed E-state index contributed by atoms with van der Waals surface area (Å²) < 4.78 is 33.6. The van der Waals surface area contributed by atoms with E-state index in [1.165, 1.54) is 22.1 Å². The van der Waals surface area contributed by atoms with Gasteiger partial charge in [-0.3, -0.25) is 9.89 Å². The zero-order valence-corrected chi connectivity index (χ0v) is 22.2. The van der Waals surface area contributed by atoms with Gasteiger partial charge in [-0.25, -0.2) is 13.4 Å². The first-order chi connectivity index (χ1) is 17.4. The second-order valence-corrected chi connectivity index (χ2v) is 11.6. The minimum atomic E-state index is -3.87. The van der Waals surface area contributed by atoms with E-state index in [-0.39, 0.29) is 23.1 Å². The predicted octanol–water partition coefficient (Wildman–Crippen LogP) is 3.83. The van der Waals surface area contributed by atoms with E-state index in [4.69, 9.17) is 16.3 Å². The molecule has 1 aromatic heterocycles. The van der Waals surface area contributed by atoms with Gasteiger partial charge in [-0.2, -0.15) is 4.31 Å². The van der Waals surface area contributed by atoms with Gasteiger partial charge in [-0.1, -0.05) is 53.7 Å². The Balaban J connectivity index is 1.30. The van der Waals surface area contributed by atoms with Crippen LogP contribution in [0.2, 0.25) is 5.02 Å². The number of ether oxygens (including phenoxy) is 1. The van der Waals surface area contributed by atoms with Crippen molar-refractivity contribution in [3.8, 4) is 17.1 Å². The molecule has 3 aromatic rings. The standard InChI is InChI=1S/C24H28ClN5O4S2/c1-2-34-20-11-10-19(25)15-21(20)36(32,33)30-13-6-9-18(16-30)23(31)26-12-14-35-24-27-22(28-29-24)17-7-4-3-5-8-17/h3-5,7-8,10-11,15,18H,2,6,9,12-14,16H2,1H3,(H,26,31)(H,27,28,29)/t18-/m0/s1. The number of hydrogen-bond acceptors (Lipinski definition) is 7. The van der Waals surface area contributed by atoms with Crippen LogP contribution in [-0.2, 0) is 14.8 Å². The van der Waals surface area contributed by atoms with E-state index >= 15 is 0 Å². The molecule has 1 aliphatic heterocycles. The van der Waals surface area contributed by atoms with Crippen LogP contribution in [0.3, 0.4) is 0 Å². The van der Waals surface area contributed by atoms with E-state index in [1.807, 2.05) is 30.3 Å². The molecule has 0 bridgehead atoms. The van der Waals surface area contributed by atoms with Gasteiger partial charge < -0.3 is 10.1 Å². The van der Waals surface area contributed by atoms with E-state index in [0.717, 1.165) is 5.56 Å². The Morgan fingerprint density at radius 3 is 2.86 bits per heavy atom. The number of nitrogens with one attached hydrogen (secondary N) is 2. The summed E-state index contributed by atoms with van der Waals surface area (Å²) in [5.41, 5.74) is 0.952. The summed E-state index contributed by atoms with van der Waals surface area (Å²) >= 11 is 7.51. The molecule has 1 aliphatic rings. The molecule has 1 fully saturated rings. The second-order valence-electron chi connectivity index (χ2n) is 8.20. The molecule has 1 amide bonds. The second kappa shape index (κ2) is 12.1. The molecule has 0 unspecified atom stereocenters. The smallest absolute Gasteiger partial charge is 0.246 e. The molecule has 2 heterocycles.